The first-order chi connectivity index (χ1) is 6.63. The van der Waals surface area contributed by atoms with E-state index in [2.05, 4.69) is 6.92 Å². The largest absolute Gasteiger partial charge is 0.393 e. The van der Waals surface area contributed by atoms with Gasteiger partial charge in [0.2, 0.25) is 0 Å². The molecule has 1 aromatic rings. The highest BCUT2D eigenvalue weighted by molar-refractivity contribution is 6.31. The molecule has 0 fully saturated rings. The molecule has 1 nitrogen and oxygen atoms in total. The van der Waals surface area contributed by atoms with Gasteiger partial charge in [-0.2, -0.15) is 0 Å². The average molecular weight is 213 g/mol. The van der Waals surface area contributed by atoms with Gasteiger partial charge in [0.1, 0.15) is 0 Å². The van der Waals surface area contributed by atoms with Crippen LogP contribution in [-0.4, -0.2) is 11.2 Å². The summed E-state index contributed by atoms with van der Waals surface area (Å²) < 4.78 is 0. The number of benzene rings is 1. The minimum absolute atomic E-state index is 0.264. The zero-order valence-corrected chi connectivity index (χ0v) is 9.51. The highest BCUT2D eigenvalue weighted by atomic mass is 35.5. The van der Waals surface area contributed by atoms with Gasteiger partial charge >= 0.3 is 0 Å². The highest BCUT2D eigenvalue weighted by Gasteiger charge is 2.07. The Hall–Kier alpha value is -0.530. The molecule has 14 heavy (non-hydrogen) atoms. The summed E-state index contributed by atoms with van der Waals surface area (Å²) in [6.45, 7) is 4.08. The second-order valence-electron chi connectivity index (χ2n) is 3.74. The lowest BCUT2D eigenvalue weighted by atomic mass is 10.0. The molecule has 0 spiro atoms. The fourth-order valence-corrected chi connectivity index (χ4v) is 1.82. The van der Waals surface area contributed by atoms with Gasteiger partial charge in [0.05, 0.1) is 6.10 Å². The van der Waals surface area contributed by atoms with E-state index in [0.717, 1.165) is 29.0 Å². The summed E-state index contributed by atoms with van der Waals surface area (Å²) in [4.78, 5) is 0. The second kappa shape index (κ2) is 5.38. The van der Waals surface area contributed by atoms with Crippen LogP contribution < -0.4 is 0 Å². The van der Waals surface area contributed by atoms with Crippen LogP contribution in [0.15, 0.2) is 18.2 Å². The van der Waals surface area contributed by atoms with E-state index >= 15 is 0 Å². The van der Waals surface area contributed by atoms with Crippen molar-refractivity contribution in [3.8, 4) is 0 Å². The molecule has 0 bridgehead atoms. The van der Waals surface area contributed by atoms with Crippen LogP contribution >= 0.6 is 11.6 Å². The monoisotopic (exact) mass is 212 g/mol. The Bertz CT molecular complexity index is 296. The molecule has 0 saturated carbocycles. The molecule has 0 amide bonds. The molecule has 0 aliphatic carbocycles. The number of rotatable bonds is 4. The molecule has 1 aromatic carbocycles. The number of aliphatic hydroxyl groups excluding tert-OH is 1. The van der Waals surface area contributed by atoms with Crippen LogP contribution in [-0.2, 0) is 6.42 Å². The van der Waals surface area contributed by atoms with E-state index in [1.165, 1.54) is 0 Å². The summed E-state index contributed by atoms with van der Waals surface area (Å²) in [5, 5.41) is 10.4. The predicted octanol–water partition coefficient (Wildman–Crippen LogP) is 3.35. The van der Waals surface area contributed by atoms with E-state index in [-0.39, 0.29) is 6.10 Å². The van der Waals surface area contributed by atoms with Gasteiger partial charge in [-0.15, -0.1) is 0 Å². The SMILES string of the molecule is CCCC(O)Cc1ccc(C)cc1Cl. The lowest BCUT2D eigenvalue weighted by Gasteiger charge is -2.10. The van der Waals surface area contributed by atoms with Crippen LogP contribution in [0.5, 0.6) is 0 Å². The van der Waals surface area contributed by atoms with Crippen molar-refractivity contribution in [1.82, 2.24) is 0 Å². The van der Waals surface area contributed by atoms with Crippen LogP contribution in [0.1, 0.15) is 30.9 Å². The molecule has 0 aromatic heterocycles. The van der Waals surface area contributed by atoms with E-state index in [9.17, 15) is 5.11 Å². The molecule has 0 aliphatic heterocycles. The van der Waals surface area contributed by atoms with Crippen LogP contribution in [0.2, 0.25) is 5.02 Å². The first-order valence-corrected chi connectivity index (χ1v) is 5.44. The van der Waals surface area contributed by atoms with Crippen molar-refractivity contribution in [2.45, 2.75) is 39.2 Å². The van der Waals surface area contributed by atoms with Crippen molar-refractivity contribution in [1.29, 1.82) is 0 Å². The van der Waals surface area contributed by atoms with Gasteiger partial charge in [-0.3, -0.25) is 0 Å². The number of hydrogen-bond acceptors (Lipinski definition) is 1. The van der Waals surface area contributed by atoms with Gasteiger partial charge in [0.25, 0.3) is 0 Å². The Balaban J connectivity index is 2.67. The summed E-state index contributed by atoms with van der Waals surface area (Å²) in [5.41, 5.74) is 2.20. The first-order valence-electron chi connectivity index (χ1n) is 5.06. The Morgan fingerprint density at radius 2 is 2.14 bits per heavy atom. The van der Waals surface area contributed by atoms with Gasteiger partial charge < -0.3 is 5.11 Å². The fraction of sp³-hybridized carbons (Fsp3) is 0.500. The second-order valence-corrected chi connectivity index (χ2v) is 4.15. The lowest BCUT2D eigenvalue weighted by molar-refractivity contribution is 0.164. The van der Waals surface area contributed by atoms with Crippen LogP contribution in [0.25, 0.3) is 0 Å². The highest BCUT2D eigenvalue weighted by Crippen LogP contribution is 2.19. The number of halogens is 1. The van der Waals surface area contributed by atoms with E-state index in [1.54, 1.807) is 0 Å². The maximum atomic E-state index is 9.64. The maximum Gasteiger partial charge on any atom is 0.0581 e. The standard InChI is InChI=1S/C12H17ClO/c1-3-4-11(14)8-10-6-5-9(2)7-12(10)13/h5-7,11,14H,3-4,8H2,1-2H3. The molecule has 1 N–H and O–H groups in total. The van der Waals surface area contributed by atoms with E-state index < -0.39 is 0 Å². The molecule has 0 aliphatic rings. The quantitative estimate of drug-likeness (QED) is 0.812. The molecule has 78 valence electrons. The minimum atomic E-state index is -0.264. The predicted molar refractivity (Wildman–Crippen MR) is 60.8 cm³/mol. The average Bonchev–Trinajstić information content (AvgIpc) is 2.10. The minimum Gasteiger partial charge on any atom is -0.393 e. The van der Waals surface area contributed by atoms with E-state index in [0.29, 0.717) is 6.42 Å². The molecular formula is C12H17ClO. The Kier molecular flexibility index (Phi) is 4.43. The van der Waals surface area contributed by atoms with Crippen LogP contribution in [0.3, 0.4) is 0 Å². The van der Waals surface area contributed by atoms with Crippen molar-refractivity contribution in [3.63, 3.8) is 0 Å². The normalized spacial score (nSPS) is 12.9. The van der Waals surface area contributed by atoms with Crippen LogP contribution in [0.4, 0.5) is 0 Å². The third-order valence-electron chi connectivity index (χ3n) is 2.29. The molecule has 1 rings (SSSR count). The van der Waals surface area contributed by atoms with Crippen molar-refractivity contribution < 1.29 is 5.11 Å². The molecule has 1 atom stereocenters. The third kappa shape index (κ3) is 3.32. The summed E-state index contributed by atoms with van der Waals surface area (Å²) in [7, 11) is 0. The summed E-state index contributed by atoms with van der Waals surface area (Å²) in [5.74, 6) is 0. The van der Waals surface area contributed by atoms with Crippen molar-refractivity contribution in [2.75, 3.05) is 0 Å². The smallest absolute Gasteiger partial charge is 0.0581 e. The van der Waals surface area contributed by atoms with Gasteiger partial charge in [-0.05, 0) is 37.0 Å². The van der Waals surface area contributed by atoms with Crippen molar-refractivity contribution in [2.24, 2.45) is 0 Å². The van der Waals surface area contributed by atoms with Gasteiger partial charge in [-0.1, -0.05) is 37.1 Å². The summed E-state index contributed by atoms with van der Waals surface area (Å²) >= 11 is 6.06. The van der Waals surface area contributed by atoms with Gasteiger partial charge in [-0.25, -0.2) is 0 Å². The van der Waals surface area contributed by atoms with Crippen LogP contribution in [0, 0.1) is 6.92 Å². The molecule has 0 heterocycles. The van der Waals surface area contributed by atoms with E-state index in [1.807, 2.05) is 25.1 Å². The number of aliphatic hydroxyl groups is 1. The summed E-state index contributed by atoms with van der Waals surface area (Å²) in [6, 6.07) is 5.96. The van der Waals surface area contributed by atoms with Gasteiger partial charge in [0.15, 0.2) is 0 Å². The first kappa shape index (κ1) is 11.5. The van der Waals surface area contributed by atoms with Crippen molar-refractivity contribution in [3.05, 3.63) is 34.3 Å². The zero-order valence-electron chi connectivity index (χ0n) is 8.76. The molecular weight excluding hydrogens is 196 g/mol. The molecule has 0 saturated heterocycles. The molecule has 1 unspecified atom stereocenters. The van der Waals surface area contributed by atoms with Crippen molar-refractivity contribution >= 4 is 11.6 Å². The zero-order chi connectivity index (χ0) is 10.6. The van der Waals surface area contributed by atoms with Gasteiger partial charge in [0, 0.05) is 5.02 Å². The maximum absolute atomic E-state index is 9.64. The Morgan fingerprint density at radius 3 is 2.71 bits per heavy atom. The molecule has 2 heteroatoms. The molecule has 0 radical (unpaired) electrons. The number of aryl methyl sites for hydroxylation is 1. The van der Waals surface area contributed by atoms with E-state index in [4.69, 9.17) is 11.6 Å². The summed E-state index contributed by atoms with van der Waals surface area (Å²) in [6.07, 6.45) is 2.24. The lowest BCUT2D eigenvalue weighted by Crippen LogP contribution is -2.09. The Morgan fingerprint density at radius 1 is 1.43 bits per heavy atom. The third-order valence-corrected chi connectivity index (χ3v) is 2.64. The Labute approximate surface area is 90.7 Å². The topological polar surface area (TPSA) is 20.2 Å². The number of hydrogen-bond donors (Lipinski definition) is 1. The fourth-order valence-electron chi connectivity index (χ4n) is 1.51.